The van der Waals surface area contributed by atoms with E-state index in [9.17, 15) is 5.11 Å². The molecule has 15 heavy (non-hydrogen) atoms. The fourth-order valence-electron chi connectivity index (χ4n) is 1.59. The standard InChI is InChI=1S/C11H12BrNO2/c1-11(15-2)6-10(14)8-5-7(12)3-4-9(8)13-11/h3-6,13-14H,1-2H3. The van der Waals surface area contributed by atoms with E-state index in [2.05, 4.69) is 21.2 Å². The molecule has 4 heteroatoms. The highest BCUT2D eigenvalue weighted by atomic mass is 79.9. The number of ether oxygens (including phenoxy) is 1. The molecule has 1 aliphatic heterocycles. The Hall–Kier alpha value is -1.00. The number of methoxy groups -OCH3 is 1. The van der Waals surface area contributed by atoms with Crippen LogP contribution in [0.15, 0.2) is 28.7 Å². The number of anilines is 1. The monoisotopic (exact) mass is 269 g/mol. The SMILES string of the molecule is COC1(C)C=C(O)c2cc(Br)ccc2N1. The van der Waals surface area contributed by atoms with Crippen LogP contribution in [0.3, 0.4) is 0 Å². The Bertz CT molecular complexity index is 431. The lowest BCUT2D eigenvalue weighted by Gasteiger charge is -2.32. The second kappa shape index (κ2) is 3.54. The number of aliphatic hydroxyl groups excluding tert-OH is 1. The Morgan fingerprint density at radius 2 is 2.20 bits per heavy atom. The first kappa shape index (κ1) is 10.5. The van der Waals surface area contributed by atoms with Gasteiger partial charge in [0, 0.05) is 28.9 Å². The van der Waals surface area contributed by atoms with Crippen LogP contribution < -0.4 is 5.32 Å². The Kier molecular flexibility index (Phi) is 2.48. The van der Waals surface area contributed by atoms with Crippen LogP contribution in [0.4, 0.5) is 5.69 Å². The second-order valence-corrected chi connectivity index (χ2v) is 4.57. The van der Waals surface area contributed by atoms with Crippen molar-refractivity contribution in [2.45, 2.75) is 12.6 Å². The Labute approximate surface area is 96.9 Å². The lowest BCUT2D eigenvalue weighted by Crippen LogP contribution is -2.37. The lowest BCUT2D eigenvalue weighted by molar-refractivity contribution is 0.0717. The minimum Gasteiger partial charge on any atom is -0.507 e. The zero-order valence-corrected chi connectivity index (χ0v) is 10.1. The molecule has 0 bridgehead atoms. The summed E-state index contributed by atoms with van der Waals surface area (Å²) in [6.07, 6.45) is 1.65. The predicted octanol–water partition coefficient (Wildman–Crippen LogP) is 3.14. The van der Waals surface area contributed by atoms with E-state index in [0.717, 1.165) is 15.7 Å². The highest BCUT2D eigenvalue weighted by Crippen LogP contribution is 2.34. The van der Waals surface area contributed by atoms with E-state index in [0.29, 0.717) is 0 Å². The normalized spacial score (nSPS) is 24.1. The second-order valence-electron chi connectivity index (χ2n) is 3.66. The fraction of sp³-hybridized carbons (Fsp3) is 0.273. The first-order chi connectivity index (χ1) is 7.04. The number of hydrogen-bond acceptors (Lipinski definition) is 3. The van der Waals surface area contributed by atoms with Gasteiger partial charge in [-0.3, -0.25) is 0 Å². The molecule has 0 saturated heterocycles. The van der Waals surface area contributed by atoms with Gasteiger partial charge in [-0.2, -0.15) is 0 Å². The first-order valence-corrected chi connectivity index (χ1v) is 5.38. The molecular weight excluding hydrogens is 258 g/mol. The smallest absolute Gasteiger partial charge is 0.158 e. The maximum atomic E-state index is 9.87. The van der Waals surface area contributed by atoms with E-state index >= 15 is 0 Å². The summed E-state index contributed by atoms with van der Waals surface area (Å²) in [6, 6.07) is 5.68. The third-order valence-corrected chi connectivity index (χ3v) is 2.97. The molecule has 2 N–H and O–H groups in total. The van der Waals surface area contributed by atoms with Crippen LogP contribution in [0, 0.1) is 0 Å². The summed E-state index contributed by atoms with van der Waals surface area (Å²) in [5.41, 5.74) is 0.992. The van der Waals surface area contributed by atoms with Crippen LogP contribution in [0.5, 0.6) is 0 Å². The maximum absolute atomic E-state index is 9.87. The molecule has 1 aromatic rings. The Morgan fingerprint density at radius 3 is 2.87 bits per heavy atom. The van der Waals surface area contributed by atoms with Crippen molar-refractivity contribution >= 4 is 27.4 Å². The van der Waals surface area contributed by atoms with Crippen molar-refractivity contribution in [1.82, 2.24) is 0 Å². The van der Waals surface area contributed by atoms with Crippen LogP contribution in [-0.4, -0.2) is 17.9 Å². The van der Waals surface area contributed by atoms with Crippen molar-refractivity contribution in [1.29, 1.82) is 0 Å². The number of nitrogens with one attached hydrogen (secondary N) is 1. The molecule has 3 nitrogen and oxygen atoms in total. The number of fused-ring (bicyclic) bond motifs is 1. The first-order valence-electron chi connectivity index (χ1n) is 4.59. The van der Waals surface area contributed by atoms with Gasteiger partial charge in [0.15, 0.2) is 5.72 Å². The number of benzene rings is 1. The molecule has 1 heterocycles. The number of rotatable bonds is 1. The molecule has 0 saturated carbocycles. The van der Waals surface area contributed by atoms with Gasteiger partial charge in [0.05, 0.1) is 0 Å². The number of aliphatic hydroxyl groups is 1. The van der Waals surface area contributed by atoms with Gasteiger partial charge < -0.3 is 15.2 Å². The van der Waals surface area contributed by atoms with Gasteiger partial charge in [0.1, 0.15) is 5.76 Å². The number of hydrogen-bond donors (Lipinski definition) is 2. The summed E-state index contributed by atoms with van der Waals surface area (Å²) in [7, 11) is 1.60. The molecule has 0 aliphatic carbocycles. The Balaban J connectivity index is 2.51. The zero-order chi connectivity index (χ0) is 11.1. The van der Waals surface area contributed by atoms with E-state index in [1.165, 1.54) is 0 Å². The molecule has 1 aliphatic rings. The van der Waals surface area contributed by atoms with Gasteiger partial charge in [-0.1, -0.05) is 15.9 Å². The number of halogens is 1. The Morgan fingerprint density at radius 1 is 1.47 bits per heavy atom. The molecule has 0 radical (unpaired) electrons. The van der Waals surface area contributed by atoms with Gasteiger partial charge in [-0.15, -0.1) is 0 Å². The minimum absolute atomic E-state index is 0.231. The molecule has 0 spiro atoms. The summed E-state index contributed by atoms with van der Waals surface area (Å²) < 4.78 is 6.21. The molecule has 0 aromatic heterocycles. The molecular formula is C11H12BrNO2. The molecule has 80 valence electrons. The van der Waals surface area contributed by atoms with Gasteiger partial charge >= 0.3 is 0 Å². The minimum atomic E-state index is -0.648. The predicted molar refractivity (Wildman–Crippen MR) is 63.8 cm³/mol. The molecule has 0 amide bonds. The van der Waals surface area contributed by atoms with Crippen LogP contribution in [0.25, 0.3) is 5.76 Å². The van der Waals surface area contributed by atoms with Crippen LogP contribution in [-0.2, 0) is 4.74 Å². The van der Waals surface area contributed by atoms with Crippen molar-refractivity contribution in [2.24, 2.45) is 0 Å². The van der Waals surface area contributed by atoms with Gasteiger partial charge in [0.25, 0.3) is 0 Å². The molecule has 2 rings (SSSR count). The largest absolute Gasteiger partial charge is 0.507 e. The summed E-state index contributed by atoms with van der Waals surface area (Å²) >= 11 is 3.37. The van der Waals surface area contributed by atoms with Crippen LogP contribution >= 0.6 is 15.9 Å². The molecule has 1 aromatic carbocycles. The average molecular weight is 270 g/mol. The van der Waals surface area contributed by atoms with E-state index < -0.39 is 5.72 Å². The topological polar surface area (TPSA) is 41.5 Å². The van der Waals surface area contributed by atoms with Gasteiger partial charge in [-0.05, 0) is 25.1 Å². The van der Waals surface area contributed by atoms with E-state index in [-0.39, 0.29) is 5.76 Å². The van der Waals surface area contributed by atoms with Crippen molar-refractivity contribution in [3.63, 3.8) is 0 Å². The molecule has 0 fully saturated rings. The van der Waals surface area contributed by atoms with E-state index in [4.69, 9.17) is 4.74 Å². The van der Waals surface area contributed by atoms with Gasteiger partial charge in [0.2, 0.25) is 0 Å². The van der Waals surface area contributed by atoms with Crippen molar-refractivity contribution in [2.75, 3.05) is 12.4 Å². The van der Waals surface area contributed by atoms with Gasteiger partial charge in [-0.25, -0.2) is 0 Å². The van der Waals surface area contributed by atoms with Crippen LogP contribution in [0.1, 0.15) is 12.5 Å². The summed E-state index contributed by atoms with van der Waals surface area (Å²) in [5, 5.41) is 13.1. The lowest BCUT2D eigenvalue weighted by atomic mass is 10.0. The van der Waals surface area contributed by atoms with Crippen molar-refractivity contribution in [3.05, 3.63) is 34.3 Å². The maximum Gasteiger partial charge on any atom is 0.158 e. The molecule has 1 atom stereocenters. The average Bonchev–Trinajstić information content (AvgIpc) is 2.20. The molecule has 1 unspecified atom stereocenters. The summed E-state index contributed by atoms with van der Waals surface area (Å²) in [4.78, 5) is 0. The fourth-order valence-corrected chi connectivity index (χ4v) is 1.95. The quantitative estimate of drug-likeness (QED) is 0.823. The third-order valence-electron chi connectivity index (χ3n) is 2.48. The van der Waals surface area contributed by atoms with Crippen molar-refractivity contribution < 1.29 is 9.84 Å². The zero-order valence-electron chi connectivity index (χ0n) is 8.54. The van der Waals surface area contributed by atoms with Crippen LogP contribution in [0.2, 0.25) is 0 Å². The highest BCUT2D eigenvalue weighted by molar-refractivity contribution is 9.10. The van der Waals surface area contributed by atoms with Crippen molar-refractivity contribution in [3.8, 4) is 0 Å². The summed E-state index contributed by atoms with van der Waals surface area (Å²) in [6.45, 7) is 1.86. The van der Waals surface area contributed by atoms with E-state index in [1.54, 1.807) is 13.2 Å². The summed E-state index contributed by atoms with van der Waals surface area (Å²) in [5.74, 6) is 0.231. The van der Waals surface area contributed by atoms with E-state index in [1.807, 2.05) is 25.1 Å². The highest BCUT2D eigenvalue weighted by Gasteiger charge is 2.28. The third kappa shape index (κ3) is 1.87.